The van der Waals surface area contributed by atoms with E-state index in [9.17, 15) is 9.59 Å². The molecule has 0 aliphatic heterocycles. The lowest BCUT2D eigenvalue weighted by atomic mass is 10.2. The van der Waals surface area contributed by atoms with Gasteiger partial charge in [0.2, 0.25) is 5.91 Å². The second kappa shape index (κ2) is 6.39. The van der Waals surface area contributed by atoms with Crippen molar-refractivity contribution in [3.05, 3.63) is 22.4 Å². The quantitative estimate of drug-likeness (QED) is 0.846. The van der Waals surface area contributed by atoms with Crippen molar-refractivity contribution >= 4 is 23.2 Å². The molecule has 0 bridgehead atoms. The summed E-state index contributed by atoms with van der Waals surface area (Å²) in [6, 6.07) is 3.56. The molecule has 1 rings (SSSR count). The Morgan fingerprint density at radius 2 is 2.24 bits per heavy atom. The first kappa shape index (κ1) is 13.7. The lowest BCUT2D eigenvalue weighted by molar-refractivity contribution is -0.140. The molecule has 5 heteroatoms. The number of hydrogen-bond acceptors (Lipinski definition) is 3. The van der Waals surface area contributed by atoms with Crippen LogP contribution in [0.2, 0.25) is 0 Å². The fourth-order valence-electron chi connectivity index (χ4n) is 1.76. The van der Waals surface area contributed by atoms with E-state index in [1.165, 1.54) is 0 Å². The molecule has 1 atom stereocenters. The van der Waals surface area contributed by atoms with Crippen LogP contribution in [0.3, 0.4) is 0 Å². The maximum absolute atomic E-state index is 12.0. The molecule has 0 saturated heterocycles. The number of rotatable bonds is 6. The second-order valence-electron chi connectivity index (χ2n) is 3.88. The first-order valence-electron chi connectivity index (χ1n) is 5.58. The summed E-state index contributed by atoms with van der Waals surface area (Å²) in [5.41, 5.74) is 0. The third-order valence-electron chi connectivity index (χ3n) is 2.57. The van der Waals surface area contributed by atoms with E-state index in [2.05, 4.69) is 0 Å². The van der Waals surface area contributed by atoms with Crippen molar-refractivity contribution in [3.8, 4) is 0 Å². The summed E-state index contributed by atoms with van der Waals surface area (Å²) in [4.78, 5) is 25.3. The summed E-state index contributed by atoms with van der Waals surface area (Å²) in [6.07, 6.45) is 0.347. The van der Waals surface area contributed by atoms with Crippen LogP contribution in [-0.4, -0.2) is 34.5 Å². The van der Waals surface area contributed by atoms with Gasteiger partial charge in [0.15, 0.2) is 0 Å². The van der Waals surface area contributed by atoms with Gasteiger partial charge >= 0.3 is 5.97 Å². The Balaban J connectivity index is 2.60. The normalized spacial score (nSPS) is 12.1. The molecule has 0 radical (unpaired) electrons. The first-order valence-corrected chi connectivity index (χ1v) is 6.46. The highest BCUT2D eigenvalue weighted by Crippen LogP contribution is 2.13. The van der Waals surface area contributed by atoms with E-state index in [0.717, 1.165) is 4.88 Å². The molecule has 1 N–H and O–H groups in total. The topological polar surface area (TPSA) is 57.6 Å². The number of likely N-dealkylation sites (N-methyl/N-ethyl adjacent to an activating group) is 1. The summed E-state index contributed by atoms with van der Waals surface area (Å²) in [7, 11) is 0. The minimum atomic E-state index is -0.875. The molecular formula is C12H17NO3S. The van der Waals surface area contributed by atoms with Gasteiger partial charge in [0.25, 0.3) is 0 Å². The van der Waals surface area contributed by atoms with Crippen LogP contribution in [0.4, 0.5) is 0 Å². The van der Waals surface area contributed by atoms with Crippen LogP contribution < -0.4 is 0 Å². The molecule has 17 heavy (non-hydrogen) atoms. The smallest absolute Gasteiger partial charge is 0.305 e. The van der Waals surface area contributed by atoms with Crippen LogP contribution >= 0.6 is 11.3 Å². The highest BCUT2D eigenvalue weighted by Gasteiger charge is 2.20. The molecule has 1 aromatic heterocycles. The molecule has 0 saturated carbocycles. The van der Waals surface area contributed by atoms with Crippen LogP contribution in [0.15, 0.2) is 17.5 Å². The first-order chi connectivity index (χ1) is 8.04. The zero-order valence-corrected chi connectivity index (χ0v) is 10.9. The minimum Gasteiger partial charge on any atom is -0.481 e. The number of nitrogens with zero attached hydrogens (tertiary/aromatic N) is 1. The van der Waals surface area contributed by atoms with Crippen molar-refractivity contribution in [2.75, 3.05) is 6.54 Å². The number of aliphatic carboxylic acids is 1. The molecule has 1 unspecified atom stereocenters. The number of carbonyl (C=O) groups excluding carboxylic acids is 1. The van der Waals surface area contributed by atoms with Gasteiger partial charge in [-0.25, -0.2) is 0 Å². The lowest BCUT2D eigenvalue weighted by Crippen LogP contribution is -2.40. The van der Waals surface area contributed by atoms with Gasteiger partial charge < -0.3 is 10.0 Å². The molecule has 0 aromatic carbocycles. The standard InChI is InChI=1S/C12H17NO3S/c1-3-13(9(2)7-12(15)16)11(14)8-10-5-4-6-17-10/h4-6,9H,3,7-8H2,1-2H3,(H,15,16). The highest BCUT2D eigenvalue weighted by atomic mass is 32.1. The molecule has 0 aliphatic carbocycles. The van der Waals surface area contributed by atoms with Crippen molar-refractivity contribution in [1.82, 2.24) is 4.90 Å². The Morgan fingerprint density at radius 3 is 2.71 bits per heavy atom. The van der Waals surface area contributed by atoms with Gasteiger partial charge in [0.1, 0.15) is 0 Å². The van der Waals surface area contributed by atoms with Gasteiger partial charge in [-0.2, -0.15) is 0 Å². The molecule has 0 spiro atoms. The predicted octanol–water partition coefficient (Wildman–Crippen LogP) is 2.00. The van der Waals surface area contributed by atoms with Crippen LogP contribution in [0.1, 0.15) is 25.1 Å². The van der Waals surface area contributed by atoms with Crippen LogP contribution in [0, 0.1) is 0 Å². The number of carboxylic acid groups (broad SMARTS) is 1. The zero-order chi connectivity index (χ0) is 12.8. The fraction of sp³-hybridized carbons (Fsp3) is 0.500. The Bertz CT molecular complexity index is 375. The molecule has 0 fully saturated rings. The fourth-order valence-corrected chi connectivity index (χ4v) is 2.46. The average molecular weight is 255 g/mol. The Kier molecular flexibility index (Phi) is 5.15. The third-order valence-corrected chi connectivity index (χ3v) is 3.45. The summed E-state index contributed by atoms with van der Waals surface area (Å²) in [5.74, 6) is -0.886. The number of carboxylic acids is 1. The summed E-state index contributed by atoms with van der Waals surface area (Å²) >= 11 is 1.54. The average Bonchev–Trinajstić information content (AvgIpc) is 2.70. The second-order valence-corrected chi connectivity index (χ2v) is 4.92. The van der Waals surface area contributed by atoms with Crippen molar-refractivity contribution in [2.45, 2.75) is 32.7 Å². The van der Waals surface area contributed by atoms with Gasteiger partial charge in [0.05, 0.1) is 12.8 Å². The van der Waals surface area contributed by atoms with Gasteiger partial charge in [0, 0.05) is 17.5 Å². The Labute approximate surface area is 105 Å². The molecule has 1 aromatic rings. The van der Waals surface area contributed by atoms with Gasteiger partial charge in [-0.3, -0.25) is 9.59 Å². The Morgan fingerprint density at radius 1 is 1.53 bits per heavy atom. The number of amides is 1. The molecule has 1 heterocycles. The third kappa shape index (κ3) is 4.19. The summed E-state index contributed by atoms with van der Waals surface area (Å²) in [5, 5.41) is 10.7. The zero-order valence-electron chi connectivity index (χ0n) is 10.0. The van der Waals surface area contributed by atoms with Gasteiger partial charge in [-0.15, -0.1) is 11.3 Å². The van der Waals surface area contributed by atoms with Crippen LogP contribution in [0.25, 0.3) is 0 Å². The lowest BCUT2D eigenvalue weighted by Gasteiger charge is -2.26. The molecule has 4 nitrogen and oxygen atoms in total. The van der Waals surface area contributed by atoms with Gasteiger partial charge in [-0.05, 0) is 25.3 Å². The summed E-state index contributed by atoms with van der Waals surface area (Å²) < 4.78 is 0. The highest BCUT2D eigenvalue weighted by molar-refractivity contribution is 7.10. The van der Waals surface area contributed by atoms with E-state index in [-0.39, 0.29) is 18.4 Å². The number of thiophene rings is 1. The molecular weight excluding hydrogens is 238 g/mol. The van der Waals surface area contributed by atoms with Crippen LogP contribution in [-0.2, 0) is 16.0 Å². The van der Waals surface area contributed by atoms with E-state index in [4.69, 9.17) is 5.11 Å². The van der Waals surface area contributed by atoms with Crippen molar-refractivity contribution in [3.63, 3.8) is 0 Å². The monoisotopic (exact) mass is 255 g/mol. The maximum atomic E-state index is 12.0. The largest absolute Gasteiger partial charge is 0.481 e. The van der Waals surface area contributed by atoms with Crippen molar-refractivity contribution in [2.24, 2.45) is 0 Å². The van der Waals surface area contributed by atoms with E-state index in [1.807, 2.05) is 24.4 Å². The maximum Gasteiger partial charge on any atom is 0.305 e. The van der Waals surface area contributed by atoms with Crippen molar-refractivity contribution in [1.29, 1.82) is 0 Å². The minimum absolute atomic E-state index is 0.00990. The van der Waals surface area contributed by atoms with E-state index < -0.39 is 5.97 Å². The van der Waals surface area contributed by atoms with E-state index in [1.54, 1.807) is 23.2 Å². The molecule has 0 aliphatic rings. The van der Waals surface area contributed by atoms with E-state index >= 15 is 0 Å². The predicted molar refractivity (Wildman–Crippen MR) is 67.1 cm³/mol. The molecule has 1 amide bonds. The van der Waals surface area contributed by atoms with Crippen molar-refractivity contribution < 1.29 is 14.7 Å². The van der Waals surface area contributed by atoms with Gasteiger partial charge in [-0.1, -0.05) is 6.07 Å². The summed E-state index contributed by atoms with van der Waals surface area (Å²) in [6.45, 7) is 4.17. The number of hydrogen-bond donors (Lipinski definition) is 1. The SMILES string of the molecule is CCN(C(=O)Cc1cccs1)C(C)CC(=O)O. The Hall–Kier alpha value is -1.36. The molecule has 94 valence electrons. The van der Waals surface area contributed by atoms with Crippen LogP contribution in [0.5, 0.6) is 0 Å². The number of carbonyl (C=O) groups is 2. The van der Waals surface area contributed by atoms with E-state index in [0.29, 0.717) is 13.0 Å².